The lowest BCUT2D eigenvalue weighted by Gasteiger charge is -2.27. The number of likely N-dealkylation sites (tertiary alicyclic amines) is 1. The van der Waals surface area contributed by atoms with Crippen LogP contribution >= 0.6 is 0 Å². The second-order valence-corrected chi connectivity index (χ2v) is 7.88. The summed E-state index contributed by atoms with van der Waals surface area (Å²) in [4.78, 5) is 32.1. The van der Waals surface area contributed by atoms with Crippen LogP contribution in [0.3, 0.4) is 0 Å². The second-order valence-electron chi connectivity index (χ2n) is 7.88. The van der Waals surface area contributed by atoms with Crippen molar-refractivity contribution in [2.45, 2.75) is 50.0 Å². The summed E-state index contributed by atoms with van der Waals surface area (Å²) in [5, 5.41) is 2.99. The minimum Gasteiger partial charge on any atom is -0.360 e. The van der Waals surface area contributed by atoms with Gasteiger partial charge in [0, 0.05) is 25.0 Å². The summed E-state index contributed by atoms with van der Waals surface area (Å²) >= 11 is 0. The molecule has 0 radical (unpaired) electrons. The quantitative estimate of drug-likeness (QED) is 0.831. The van der Waals surface area contributed by atoms with E-state index in [0.717, 1.165) is 18.4 Å². The van der Waals surface area contributed by atoms with Crippen molar-refractivity contribution < 1.29 is 14.3 Å². The normalized spacial score (nSPS) is 35.3. The standard InChI is InChI=1S/C20H23N3O3/c24-18(22-11-13-6-9-21-10-7-13)16-15-5-8-20(26-15)12-23(19(25)17(16)20)14-3-1-2-4-14/h5-10,14-17H,1-4,11-12H2,(H,22,24)/t15?,16?,17?,20-/m1/s1. The van der Waals surface area contributed by atoms with Gasteiger partial charge in [-0.25, -0.2) is 0 Å². The Hall–Kier alpha value is -2.21. The molecule has 1 N–H and O–H groups in total. The van der Waals surface area contributed by atoms with E-state index in [4.69, 9.17) is 4.74 Å². The number of carbonyl (C=O) groups is 2. The third-order valence-corrected chi connectivity index (χ3v) is 6.41. The minimum absolute atomic E-state index is 0.0929. The van der Waals surface area contributed by atoms with Crippen LogP contribution in [0.5, 0.6) is 0 Å². The minimum atomic E-state index is -0.594. The molecule has 4 aliphatic rings. The van der Waals surface area contributed by atoms with E-state index in [1.54, 1.807) is 12.4 Å². The van der Waals surface area contributed by atoms with Gasteiger partial charge in [0.1, 0.15) is 5.60 Å². The number of fused-ring (bicyclic) bond motifs is 1. The summed E-state index contributed by atoms with van der Waals surface area (Å²) in [7, 11) is 0. The molecule has 136 valence electrons. The molecule has 2 saturated heterocycles. The highest BCUT2D eigenvalue weighted by Gasteiger charge is 2.67. The zero-order chi connectivity index (χ0) is 17.7. The highest BCUT2D eigenvalue weighted by atomic mass is 16.5. The molecule has 5 rings (SSSR count). The number of nitrogens with one attached hydrogen (secondary N) is 1. The molecule has 4 heterocycles. The molecule has 1 aromatic heterocycles. The molecule has 6 heteroatoms. The van der Waals surface area contributed by atoms with E-state index in [9.17, 15) is 9.59 Å². The first-order valence-electron chi connectivity index (χ1n) is 9.52. The van der Waals surface area contributed by atoms with Crippen molar-refractivity contribution in [3.8, 4) is 0 Å². The lowest BCUT2D eigenvalue weighted by Crippen LogP contribution is -2.44. The van der Waals surface area contributed by atoms with E-state index in [1.807, 2.05) is 29.2 Å². The Bertz CT molecular complexity index is 759. The Kier molecular flexibility index (Phi) is 3.64. The highest BCUT2D eigenvalue weighted by Crippen LogP contribution is 2.52. The summed E-state index contributed by atoms with van der Waals surface area (Å²) in [5.74, 6) is -0.797. The van der Waals surface area contributed by atoms with Crippen molar-refractivity contribution in [1.29, 1.82) is 0 Å². The van der Waals surface area contributed by atoms with Crippen molar-refractivity contribution in [3.63, 3.8) is 0 Å². The van der Waals surface area contributed by atoms with Crippen LogP contribution in [0.2, 0.25) is 0 Å². The molecule has 3 unspecified atom stereocenters. The fourth-order valence-corrected chi connectivity index (χ4v) is 5.16. The summed E-state index contributed by atoms with van der Waals surface area (Å²) in [5.41, 5.74) is 0.399. The predicted molar refractivity (Wildman–Crippen MR) is 93.8 cm³/mol. The number of hydrogen-bond donors (Lipinski definition) is 1. The van der Waals surface area contributed by atoms with E-state index in [2.05, 4.69) is 10.3 Å². The van der Waals surface area contributed by atoms with Gasteiger partial charge in [-0.3, -0.25) is 14.6 Å². The highest BCUT2D eigenvalue weighted by molar-refractivity contribution is 5.93. The van der Waals surface area contributed by atoms with Crippen LogP contribution in [-0.4, -0.2) is 46.0 Å². The molecule has 4 atom stereocenters. The Morgan fingerprint density at radius 1 is 1.31 bits per heavy atom. The molecule has 26 heavy (non-hydrogen) atoms. The molecule has 1 aliphatic carbocycles. The van der Waals surface area contributed by atoms with Gasteiger partial charge < -0.3 is 15.0 Å². The van der Waals surface area contributed by atoms with E-state index < -0.39 is 11.5 Å². The van der Waals surface area contributed by atoms with Gasteiger partial charge in [-0.2, -0.15) is 0 Å². The number of nitrogens with zero attached hydrogens (tertiary/aromatic N) is 2. The maximum atomic E-state index is 13.2. The van der Waals surface area contributed by atoms with E-state index in [1.165, 1.54) is 12.8 Å². The van der Waals surface area contributed by atoms with Crippen LogP contribution in [-0.2, 0) is 20.9 Å². The fraction of sp³-hybridized carbons (Fsp3) is 0.550. The Balaban J connectivity index is 1.34. The van der Waals surface area contributed by atoms with Gasteiger partial charge in [0.2, 0.25) is 11.8 Å². The second kappa shape index (κ2) is 5.91. The molecular formula is C20H23N3O3. The molecule has 6 nitrogen and oxygen atoms in total. The lowest BCUT2D eigenvalue weighted by molar-refractivity contribution is -0.138. The number of rotatable bonds is 4. The van der Waals surface area contributed by atoms with Gasteiger partial charge in [-0.1, -0.05) is 25.0 Å². The molecule has 1 spiro atoms. The molecule has 3 aliphatic heterocycles. The summed E-state index contributed by atoms with van der Waals surface area (Å²) in [6.45, 7) is 1.04. The SMILES string of the molecule is O=C(NCc1ccncc1)C1C2C=C[C@]3(CN(C4CCCC4)C(=O)C13)O2. The van der Waals surface area contributed by atoms with Gasteiger partial charge in [0.25, 0.3) is 0 Å². The van der Waals surface area contributed by atoms with Gasteiger partial charge in [-0.05, 0) is 30.5 Å². The van der Waals surface area contributed by atoms with Crippen LogP contribution < -0.4 is 5.32 Å². The number of pyridine rings is 1. The maximum Gasteiger partial charge on any atom is 0.230 e. The fourth-order valence-electron chi connectivity index (χ4n) is 5.16. The number of hydrogen-bond acceptors (Lipinski definition) is 4. The van der Waals surface area contributed by atoms with Crippen molar-refractivity contribution in [1.82, 2.24) is 15.2 Å². The van der Waals surface area contributed by atoms with Crippen LogP contribution in [0.25, 0.3) is 0 Å². The Labute approximate surface area is 152 Å². The first-order valence-corrected chi connectivity index (χ1v) is 9.52. The molecule has 1 saturated carbocycles. The van der Waals surface area contributed by atoms with E-state index >= 15 is 0 Å². The van der Waals surface area contributed by atoms with Gasteiger partial charge in [-0.15, -0.1) is 0 Å². The zero-order valence-electron chi connectivity index (χ0n) is 14.6. The third kappa shape index (κ3) is 2.31. The van der Waals surface area contributed by atoms with Crippen LogP contribution in [0.15, 0.2) is 36.7 Å². The van der Waals surface area contributed by atoms with Gasteiger partial charge >= 0.3 is 0 Å². The van der Waals surface area contributed by atoms with Crippen LogP contribution in [0.1, 0.15) is 31.2 Å². The van der Waals surface area contributed by atoms with Crippen molar-refractivity contribution in [2.24, 2.45) is 11.8 Å². The van der Waals surface area contributed by atoms with Gasteiger partial charge in [0.15, 0.2) is 0 Å². The number of ether oxygens (including phenoxy) is 1. The number of amides is 2. The van der Waals surface area contributed by atoms with Crippen LogP contribution in [0, 0.1) is 11.8 Å². The molecule has 2 bridgehead atoms. The van der Waals surface area contributed by atoms with Crippen molar-refractivity contribution in [3.05, 3.63) is 42.2 Å². The summed E-state index contributed by atoms with van der Waals surface area (Å²) in [6.07, 6.45) is 11.6. The van der Waals surface area contributed by atoms with Crippen molar-refractivity contribution >= 4 is 11.8 Å². The van der Waals surface area contributed by atoms with Crippen molar-refractivity contribution in [2.75, 3.05) is 6.54 Å². The monoisotopic (exact) mass is 353 g/mol. The third-order valence-electron chi connectivity index (χ3n) is 6.41. The molecule has 2 amide bonds. The smallest absolute Gasteiger partial charge is 0.230 e. The largest absolute Gasteiger partial charge is 0.360 e. The molecule has 1 aromatic rings. The first kappa shape index (κ1) is 16.0. The van der Waals surface area contributed by atoms with E-state index in [-0.39, 0.29) is 23.8 Å². The number of carbonyl (C=O) groups excluding carboxylic acids is 2. The first-order chi connectivity index (χ1) is 12.7. The average Bonchev–Trinajstić information content (AvgIpc) is 3.42. The Morgan fingerprint density at radius 2 is 2.08 bits per heavy atom. The average molecular weight is 353 g/mol. The maximum absolute atomic E-state index is 13.2. The van der Waals surface area contributed by atoms with Gasteiger partial charge in [0.05, 0.1) is 24.5 Å². The predicted octanol–water partition coefficient (Wildman–Crippen LogP) is 1.42. The lowest BCUT2D eigenvalue weighted by atomic mass is 9.77. The summed E-state index contributed by atoms with van der Waals surface area (Å²) < 4.78 is 6.19. The van der Waals surface area contributed by atoms with Crippen LogP contribution in [0.4, 0.5) is 0 Å². The topological polar surface area (TPSA) is 71.5 Å². The van der Waals surface area contributed by atoms with E-state index in [0.29, 0.717) is 19.1 Å². The number of aromatic nitrogens is 1. The molecule has 0 aromatic carbocycles. The molecular weight excluding hydrogens is 330 g/mol. The Morgan fingerprint density at radius 3 is 2.85 bits per heavy atom. The molecule has 3 fully saturated rings. The zero-order valence-corrected chi connectivity index (χ0v) is 14.6. The summed E-state index contributed by atoms with van der Waals surface area (Å²) in [6, 6.07) is 4.07.